The van der Waals surface area contributed by atoms with E-state index in [2.05, 4.69) is 44.1 Å². The lowest BCUT2D eigenvalue weighted by Crippen LogP contribution is -2.42. The minimum Gasteiger partial charge on any atom is -0.366 e. The number of rotatable bonds is 3. The SMILES string of the molecule is O=C(c1cccc2c(C3=CCCNC3)cccc12)N1CCOC(c2nn[nH]n2)C1. The van der Waals surface area contributed by atoms with E-state index in [9.17, 15) is 4.79 Å². The maximum Gasteiger partial charge on any atom is 0.254 e. The number of carbonyl (C=O) groups excluding carboxylic acids is 1. The lowest BCUT2D eigenvalue weighted by Gasteiger charge is -2.31. The van der Waals surface area contributed by atoms with E-state index in [-0.39, 0.29) is 12.0 Å². The number of nitrogens with zero attached hydrogens (tertiary/aromatic N) is 4. The number of benzene rings is 2. The zero-order chi connectivity index (χ0) is 19.6. The summed E-state index contributed by atoms with van der Waals surface area (Å²) in [5, 5.41) is 19.5. The minimum atomic E-state index is -0.365. The number of H-pyrrole nitrogens is 1. The van der Waals surface area contributed by atoms with E-state index in [4.69, 9.17) is 4.74 Å². The van der Waals surface area contributed by atoms with Gasteiger partial charge in [0.2, 0.25) is 5.82 Å². The van der Waals surface area contributed by atoms with Crippen LogP contribution in [0.2, 0.25) is 0 Å². The molecule has 8 nitrogen and oxygen atoms in total. The number of hydrogen-bond donors (Lipinski definition) is 2. The summed E-state index contributed by atoms with van der Waals surface area (Å²) in [6.45, 7) is 3.26. The van der Waals surface area contributed by atoms with Crippen molar-refractivity contribution in [2.24, 2.45) is 0 Å². The van der Waals surface area contributed by atoms with Gasteiger partial charge in [0.1, 0.15) is 6.10 Å². The van der Waals surface area contributed by atoms with E-state index >= 15 is 0 Å². The number of tetrazole rings is 1. The summed E-state index contributed by atoms with van der Waals surface area (Å²) in [4.78, 5) is 15.2. The Morgan fingerprint density at radius 1 is 1.17 bits per heavy atom. The molecule has 2 aromatic carbocycles. The molecule has 148 valence electrons. The molecule has 1 saturated heterocycles. The van der Waals surface area contributed by atoms with Crippen LogP contribution in [0.3, 0.4) is 0 Å². The number of fused-ring (bicyclic) bond motifs is 1. The highest BCUT2D eigenvalue weighted by Crippen LogP contribution is 2.30. The third-order valence-corrected chi connectivity index (χ3v) is 5.53. The number of aromatic nitrogens is 4. The van der Waals surface area contributed by atoms with Gasteiger partial charge in [0.15, 0.2) is 0 Å². The van der Waals surface area contributed by atoms with Crippen LogP contribution < -0.4 is 5.32 Å². The second-order valence-electron chi connectivity index (χ2n) is 7.28. The average molecular weight is 390 g/mol. The van der Waals surface area contributed by atoms with Crippen LogP contribution in [-0.4, -0.2) is 64.2 Å². The van der Waals surface area contributed by atoms with Crippen molar-refractivity contribution in [1.82, 2.24) is 30.8 Å². The lowest BCUT2D eigenvalue weighted by atomic mass is 9.93. The van der Waals surface area contributed by atoms with Crippen LogP contribution >= 0.6 is 0 Å². The predicted octanol–water partition coefficient (Wildman–Crippen LogP) is 1.94. The van der Waals surface area contributed by atoms with Crippen LogP contribution in [0.4, 0.5) is 0 Å². The van der Waals surface area contributed by atoms with Crippen molar-refractivity contribution in [2.75, 3.05) is 32.8 Å². The molecule has 1 aromatic heterocycles. The van der Waals surface area contributed by atoms with Crippen LogP contribution in [0, 0.1) is 0 Å². The first-order valence-electron chi connectivity index (χ1n) is 9.87. The van der Waals surface area contributed by atoms with Gasteiger partial charge in [-0.15, -0.1) is 10.2 Å². The van der Waals surface area contributed by atoms with E-state index in [1.165, 1.54) is 11.1 Å². The molecule has 8 heteroatoms. The minimum absolute atomic E-state index is 0.000272. The lowest BCUT2D eigenvalue weighted by molar-refractivity contribution is -0.0267. The van der Waals surface area contributed by atoms with Gasteiger partial charge in [0.25, 0.3) is 5.91 Å². The molecule has 1 amide bonds. The molecule has 0 saturated carbocycles. The highest BCUT2D eigenvalue weighted by atomic mass is 16.5. The molecule has 5 rings (SSSR count). The van der Waals surface area contributed by atoms with Gasteiger partial charge < -0.3 is 15.0 Å². The van der Waals surface area contributed by atoms with Crippen LogP contribution in [0.1, 0.15) is 34.3 Å². The quantitative estimate of drug-likeness (QED) is 0.710. The summed E-state index contributed by atoms with van der Waals surface area (Å²) < 4.78 is 5.73. The molecule has 0 bridgehead atoms. The van der Waals surface area contributed by atoms with Gasteiger partial charge in [-0.2, -0.15) is 5.21 Å². The number of aromatic amines is 1. The summed E-state index contributed by atoms with van der Waals surface area (Å²) in [7, 11) is 0. The Labute approximate surface area is 167 Å². The van der Waals surface area contributed by atoms with Crippen molar-refractivity contribution in [3.63, 3.8) is 0 Å². The molecule has 3 aromatic rings. The Kier molecular flexibility index (Phi) is 4.79. The Hall–Kier alpha value is -3.10. The second-order valence-corrected chi connectivity index (χ2v) is 7.28. The summed E-state index contributed by atoms with van der Waals surface area (Å²) in [6.07, 6.45) is 2.95. The summed E-state index contributed by atoms with van der Waals surface area (Å²) in [5.74, 6) is 0.472. The van der Waals surface area contributed by atoms with Gasteiger partial charge in [-0.25, -0.2) is 0 Å². The number of morpholine rings is 1. The fourth-order valence-electron chi connectivity index (χ4n) is 4.09. The Bertz CT molecular complexity index is 1060. The maximum absolute atomic E-state index is 13.4. The molecule has 2 aliphatic rings. The van der Waals surface area contributed by atoms with Gasteiger partial charge in [0, 0.05) is 18.7 Å². The smallest absolute Gasteiger partial charge is 0.254 e. The number of hydrogen-bond acceptors (Lipinski definition) is 6. The molecule has 0 aliphatic carbocycles. The normalized spacial score (nSPS) is 19.9. The Morgan fingerprint density at radius 3 is 2.90 bits per heavy atom. The van der Waals surface area contributed by atoms with Gasteiger partial charge in [0.05, 0.1) is 13.2 Å². The average Bonchev–Trinajstić information content (AvgIpc) is 3.34. The van der Waals surface area contributed by atoms with Crippen LogP contribution in [-0.2, 0) is 4.74 Å². The zero-order valence-corrected chi connectivity index (χ0v) is 16.0. The molecular formula is C21H22N6O2. The van der Waals surface area contributed by atoms with Crippen molar-refractivity contribution in [1.29, 1.82) is 0 Å². The molecular weight excluding hydrogens is 368 g/mol. The summed E-state index contributed by atoms with van der Waals surface area (Å²) in [5.41, 5.74) is 3.19. The van der Waals surface area contributed by atoms with Crippen LogP contribution in [0.5, 0.6) is 0 Å². The molecule has 1 unspecified atom stereocenters. The third-order valence-electron chi connectivity index (χ3n) is 5.53. The topological polar surface area (TPSA) is 96.0 Å². The first kappa shape index (κ1) is 18.0. The standard InChI is InChI=1S/C21H22N6O2/c28-21(27-10-11-29-19(13-27)20-23-25-26-24-20)18-8-2-6-16-15(5-1-7-17(16)18)14-4-3-9-22-12-14/h1-2,4-8,19,22H,3,9-13H2,(H,23,24,25,26). The number of nitrogens with one attached hydrogen (secondary N) is 2. The van der Waals surface area contributed by atoms with Crippen molar-refractivity contribution in [2.45, 2.75) is 12.5 Å². The summed E-state index contributed by atoms with van der Waals surface area (Å²) in [6, 6.07) is 12.2. The van der Waals surface area contributed by atoms with Gasteiger partial charge in [-0.3, -0.25) is 4.79 Å². The number of carbonyl (C=O) groups is 1. The second kappa shape index (κ2) is 7.73. The molecule has 0 spiro atoms. The first-order valence-corrected chi connectivity index (χ1v) is 9.87. The molecule has 2 N–H and O–H groups in total. The van der Waals surface area contributed by atoms with Crippen LogP contribution in [0.15, 0.2) is 42.5 Å². The molecule has 2 aliphatic heterocycles. The molecule has 0 radical (unpaired) electrons. The number of amides is 1. The van der Waals surface area contributed by atoms with Gasteiger partial charge >= 0.3 is 0 Å². The fourth-order valence-corrected chi connectivity index (χ4v) is 4.09. The largest absolute Gasteiger partial charge is 0.366 e. The van der Waals surface area contributed by atoms with Crippen molar-refractivity contribution >= 4 is 22.3 Å². The Morgan fingerprint density at radius 2 is 2.07 bits per heavy atom. The third kappa shape index (κ3) is 3.41. The van der Waals surface area contributed by atoms with Gasteiger partial charge in [-0.1, -0.05) is 41.6 Å². The Balaban J connectivity index is 1.48. The van der Waals surface area contributed by atoms with Crippen molar-refractivity contribution in [3.05, 3.63) is 59.4 Å². The number of ether oxygens (including phenoxy) is 1. The first-order chi connectivity index (χ1) is 14.3. The molecule has 29 heavy (non-hydrogen) atoms. The highest BCUT2D eigenvalue weighted by Gasteiger charge is 2.29. The van der Waals surface area contributed by atoms with E-state index in [0.717, 1.165) is 30.3 Å². The van der Waals surface area contributed by atoms with E-state index in [1.807, 2.05) is 29.2 Å². The predicted molar refractivity (Wildman–Crippen MR) is 108 cm³/mol. The van der Waals surface area contributed by atoms with Crippen LogP contribution in [0.25, 0.3) is 16.3 Å². The molecule has 1 atom stereocenters. The van der Waals surface area contributed by atoms with Crippen molar-refractivity contribution in [3.8, 4) is 0 Å². The maximum atomic E-state index is 13.4. The summed E-state index contributed by atoms with van der Waals surface area (Å²) >= 11 is 0. The molecule has 1 fully saturated rings. The monoisotopic (exact) mass is 390 g/mol. The highest BCUT2D eigenvalue weighted by molar-refractivity contribution is 6.09. The fraction of sp³-hybridized carbons (Fsp3) is 0.333. The van der Waals surface area contributed by atoms with E-state index < -0.39 is 0 Å². The van der Waals surface area contributed by atoms with E-state index in [1.54, 1.807) is 0 Å². The van der Waals surface area contributed by atoms with Gasteiger partial charge in [-0.05, 0) is 40.9 Å². The molecule has 3 heterocycles. The van der Waals surface area contributed by atoms with E-state index in [0.29, 0.717) is 31.1 Å². The van der Waals surface area contributed by atoms with Crippen molar-refractivity contribution < 1.29 is 9.53 Å². The zero-order valence-electron chi connectivity index (χ0n) is 16.0.